The number of nitrogens with zero attached hydrogens (tertiary/aromatic N) is 2. The number of pyridine rings is 1. The van der Waals surface area contributed by atoms with E-state index in [0.717, 1.165) is 31.2 Å². The zero-order valence-corrected chi connectivity index (χ0v) is 11.0. The van der Waals surface area contributed by atoms with Gasteiger partial charge in [0.25, 0.3) is 0 Å². The molecule has 1 aliphatic rings. The largest absolute Gasteiger partial charge is 0.390 e. The van der Waals surface area contributed by atoms with Crippen LogP contribution in [0.5, 0.6) is 0 Å². The Bertz CT molecular complexity index is 380. The molecule has 1 fully saturated rings. The van der Waals surface area contributed by atoms with Gasteiger partial charge in [-0.15, -0.1) is 0 Å². The summed E-state index contributed by atoms with van der Waals surface area (Å²) in [6, 6.07) is 3.77. The van der Waals surface area contributed by atoms with Crippen molar-refractivity contribution in [1.82, 2.24) is 4.98 Å². The van der Waals surface area contributed by atoms with Crippen molar-refractivity contribution in [1.29, 1.82) is 0 Å². The van der Waals surface area contributed by atoms with E-state index in [-0.39, 0.29) is 6.61 Å². The van der Waals surface area contributed by atoms with Crippen molar-refractivity contribution < 1.29 is 5.11 Å². The van der Waals surface area contributed by atoms with E-state index in [2.05, 4.69) is 16.8 Å². The summed E-state index contributed by atoms with van der Waals surface area (Å²) in [5.41, 5.74) is 0.570. The fraction of sp³-hybridized carbons (Fsp3) is 0.615. The van der Waals surface area contributed by atoms with Crippen molar-refractivity contribution in [3.8, 4) is 0 Å². The monoisotopic (exact) mass is 254 g/mol. The Morgan fingerprint density at radius 2 is 2.24 bits per heavy atom. The molecule has 0 bridgehead atoms. The van der Waals surface area contributed by atoms with Gasteiger partial charge in [0.15, 0.2) is 0 Å². The summed E-state index contributed by atoms with van der Waals surface area (Å²) in [6.07, 6.45) is 3.77. The number of hydrogen-bond donors (Lipinski definition) is 1. The molecule has 0 aromatic carbocycles. The molecule has 2 rings (SSSR count). The maximum Gasteiger partial charge on any atom is 0.129 e. The second kappa shape index (κ2) is 5.69. The van der Waals surface area contributed by atoms with Gasteiger partial charge in [0.05, 0.1) is 17.3 Å². The Labute approximate surface area is 107 Å². The number of aliphatic hydroxyl groups is 1. The number of aromatic nitrogens is 1. The lowest BCUT2D eigenvalue weighted by atomic mass is 10.3. The van der Waals surface area contributed by atoms with Crippen LogP contribution in [-0.2, 0) is 6.61 Å². The maximum atomic E-state index is 9.18. The first-order chi connectivity index (χ1) is 8.24. The summed E-state index contributed by atoms with van der Waals surface area (Å²) in [4.78, 5) is 6.73. The number of rotatable bonds is 6. The molecule has 1 aliphatic carbocycles. The molecule has 0 amide bonds. The van der Waals surface area contributed by atoms with Crippen molar-refractivity contribution in [2.75, 3.05) is 18.0 Å². The highest BCUT2D eigenvalue weighted by Crippen LogP contribution is 2.31. The molecule has 0 unspecified atom stereocenters. The fourth-order valence-electron chi connectivity index (χ4n) is 1.94. The summed E-state index contributed by atoms with van der Waals surface area (Å²) in [6.45, 7) is 4.15. The normalized spacial score (nSPS) is 15.0. The van der Waals surface area contributed by atoms with Gasteiger partial charge in [0.2, 0.25) is 0 Å². The molecule has 0 atom stereocenters. The van der Waals surface area contributed by atoms with Crippen LogP contribution in [0.15, 0.2) is 12.1 Å². The summed E-state index contributed by atoms with van der Waals surface area (Å²) in [5.74, 6) is 1.77. The summed E-state index contributed by atoms with van der Waals surface area (Å²) in [5, 5.41) is 9.72. The van der Waals surface area contributed by atoms with Crippen LogP contribution >= 0.6 is 11.6 Å². The lowest BCUT2D eigenvalue weighted by Gasteiger charge is -2.23. The summed E-state index contributed by atoms with van der Waals surface area (Å²) >= 11 is 5.96. The maximum absolute atomic E-state index is 9.18. The number of anilines is 1. The molecule has 0 spiro atoms. The van der Waals surface area contributed by atoms with E-state index in [1.807, 2.05) is 12.1 Å². The second-order valence-corrected chi connectivity index (χ2v) is 5.05. The van der Waals surface area contributed by atoms with Crippen LogP contribution in [0.2, 0.25) is 5.02 Å². The van der Waals surface area contributed by atoms with Gasteiger partial charge < -0.3 is 10.0 Å². The molecule has 0 saturated heterocycles. The van der Waals surface area contributed by atoms with Gasteiger partial charge in [-0.25, -0.2) is 4.98 Å². The Kier molecular flexibility index (Phi) is 4.24. The molecule has 0 radical (unpaired) electrons. The molecule has 1 saturated carbocycles. The van der Waals surface area contributed by atoms with Crippen LogP contribution in [0, 0.1) is 5.92 Å². The van der Waals surface area contributed by atoms with Crippen LogP contribution in [0.3, 0.4) is 0 Å². The summed E-state index contributed by atoms with van der Waals surface area (Å²) < 4.78 is 0. The average Bonchev–Trinajstić information content (AvgIpc) is 3.13. The minimum absolute atomic E-state index is 0.101. The molecule has 4 heteroatoms. The van der Waals surface area contributed by atoms with E-state index in [9.17, 15) is 5.11 Å². The minimum atomic E-state index is -0.101. The molecule has 0 aliphatic heterocycles. The topological polar surface area (TPSA) is 36.4 Å². The highest BCUT2D eigenvalue weighted by atomic mass is 35.5. The first kappa shape index (κ1) is 12.7. The molecular weight excluding hydrogens is 236 g/mol. The molecule has 1 N–H and O–H groups in total. The van der Waals surface area contributed by atoms with Gasteiger partial charge >= 0.3 is 0 Å². The molecule has 17 heavy (non-hydrogen) atoms. The summed E-state index contributed by atoms with van der Waals surface area (Å²) in [7, 11) is 0. The van der Waals surface area contributed by atoms with Gasteiger partial charge in [-0.05, 0) is 37.3 Å². The van der Waals surface area contributed by atoms with E-state index in [0.29, 0.717) is 10.7 Å². The van der Waals surface area contributed by atoms with Crippen LogP contribution < -0.4 is 4.90 Å². The van der Waals surface area contributed by atoms with Crippen molar-refractivity contribution in [3.05, 3.63) is 22.8 Å². The minimum Gasteiger partial charge on any atom is -0.390 e. The SMILES string of the molecule is CCCN(CC1CC1)c1ccc(Cl)c(CO)n1. The Morgan fingerprint density at radius 1 is 1.47 bits per heavy atom. The third-order valence-corrected chi connectivity index (χ3v) is 3.39. The highest BCUT2D eigenvalue weighted by molar-refractivity contribution is 6.31. The first-order valence-corrected chi connectivity index (χ1v) is 6.63. The molecular formula is C13H19ClN2O. The lowest BCUT2D eigenvalue weighted by molar-refractivity contribution is 0.277. The zero-order valence-electron chi connectivity index (χ0n) is 10.2. The molecule has 1 aromatic rings. The van der Waals surface area contributed by atoms with Gasteiger partial charge in [0, 0.05) is 13.1 Å². The van der Waals surface area contributed by atoms with Crippen LogP contribution in [-0.4, -0.2) is 23.2 Å². The molecule has 94 valence electrons. The quantitative estimate of drug-likeness (QED) is 0.848. The van der Waals surface area contributed by atoms with Crippen LogP contribution in [0.25, 0.3) is 0 Å². The number of halogens is 1. The standard InChI is InChI=1S/C13H19ClN2O/c1-2-7-16(8-10-3-4-10)13-6-5-11(14)12(9-17)15-13/h5-6,10,17H,2-4,7-9H2,1H3. The van der Waals surface area contributed by atoms with Crippen molar-refractivity contribution in [2.24, 2.45) is 5.92 Å². The van der Waals surface area contributed by atoms with E-state index >= 15 is 0 Å². The van der Waals surface area contributed by atoms with Gasteiger partial charge in [-0.3, -0.25) is 0 Å². The zero-order chi connectivity index (χ0) is 12.3. The van der Waals surface area contributed by atoms with Crippen molar-refractivity contribution in [2.45, 2.75) is 32.8 Å². The Morgan fingerprint density at radius 3 is 2.82 bits per heavy atom. The Hall–Kier alpha value is -0.800. The van der Waals surface area contributed by atoms with E-state index in [4.69, 9.17) is 11.6 Å². The molecule has 3 nitrogen and oxygen atoms in total. The second-order valence-electron chi connectivity index (χ2n) is 4.65. The Balaban J connectivity index is 2.15. The lowest BCUT2D eigenvalue weighted by Crippen LogP contribution is -2.27. The van der Waals surface area contributed by atoms with Gasteiger partial charge in [0.1, 0.15) is 5.82 Å². The van der Waals surface area contributed by atoms with Crippen LogP contribution in [0.1, 0.15) is 31.9 Å². The molecule has 1 heterocycles. The van der Waals surface area contributed by atoms with Gasteiger partial charge in [-0.1, -0.05) is 18.5 Å². The average molecular weight is 255 g/mol. The smallest absolute Gasteiger partial charge is 0.129 e. The first-order valence-electron chi connectivity index (χ1n) is 6.25. The number of aliphatic hydroxyl groups excluding tert-OH is 1. The van der Waals surface area contributed by atoms with E-state index in [1.54, 1.807) is 0 Å². The van der Waals surface area contributed by atoms with Crippen molar-refractivity contribution >= 4 is 17.4 Å². The van der Waals surface area contributed by atoms with Gasteiger partial charge in [-0.2, -0.15) is 0 Å². The van der Waals surface area contributed by atoms with Crippen molar-refractivity contribution in [3.63, 3.8) is 0 Å². The number of hydrogen-bond acceptors (Lipinski definition) is 3. The fourth-order valence-corrected chi connectivity index (χ4v) is 2.11. The third kappa shape index (κ3) is 3.33. The highest BCUT2D eigenvalue weighted by Gasteiger charge is 2.24. The van der Waals surface area contributed by atoms with E-state index < -0.39 is 0 Å². The predicted molar refractivity (Wildman–Crippen MR) is 70.4 cm³/mol. The third-order valence-electron chi connectivity index (χ3n) is 3.05. The van der Waals surface area contributed by atoms with Crippen LogP contribution in [0.4, 0.5) is 5.82 Å². The molecule has 1 aromatic heterocycles. The van der Waals surface area contributed by atoms with E-state index in [1.165, 1.54) is 12.8 Å². The predicted octanol–water partition coefficient (Wildman–Crippen LogP) is 2.85.